The van der Waals surface area contributed by atoms with Gasteiger partial charge in [0.15, 0.2) is 0 Å². The molecule has 0 bridgehead atoms. The second-order valence-electron chi connectivity index (χ2n) is 4.77. The number of hydrogen-bond donors (Lipinski definition) is 2. The monoisotopic (exact) mass is 242 g/mol. The van der Waals surface area contributed by atoms with Crippen LogP contribution in [0.1, 0.15) is 40.5 Å². The standard InChI is InChI=1S/C12H22N2O3/c1-8(2)5-11(16)13-7-14-12(17)6-10(15)9(3)4/h8-9H,5-7H2,1-4H3,(H,13,16)(H,14,17). The Hall–Kier alpha value is -1.39. The molecule has 98 valence electrons. The van der Waals surface area contributed by atoms with Gasteiger partial charge in [-0.3, -0.25) is 14.4 Å². The van der Waals surface area contributed by atoms with Crippen LogP contribution in [0.5, 0.6) is 0 Å². The Kier molecular flexibility index (Phi) is 7.18. The van der Waals surface area contributed by atoms with Crippen LogP contribution in [0.2, 0.25) is 0 Å². The lowest BCUT2D eigenvalue weighted by atomic mass is 10.1. The molecule has 0 atom stereocenters. The van der Waals surface area contributed by atoms with Crippen LogP contribution in [-0.2, 0) is 14.4 Å². The maximum Gasteiger partial charge on any atom is 0.228 e. The van der Waals surface area contributed by atoms with Crippen molar-refractivity contribution in [3.05, 3.63) is 0 Å². The van der Waals surface area contributed by atoms with Crippen LogP contribution in [0.25, 0.3) is 0 Å². The van der Waals surface area contributed by atoms with Crippen LogP contribution in [0.15, 0.2) is 0 Å². The first kappa shape index (κ1) is 15.6. The molecule has 0 heterocycles. The summed E-state index contributed by atoms with van der Waals surface area (Å²) in [5.41, 5.74) is 0. The van der Waals surface area contributed by atoms with Gasteiger partial charge in [-0.2, -0.15) is 0 Å². The number of ketones is 1. The lowest BCUT2D eigenvalue weighted by Gasteiger charge is -2.09. The van der Waals surface area contributed by atoms with Crippen molar-refractivity contribution in [1.82, 2.24) is 10.6 Å². The Bertz CT molecular complexity index is 285. The van der Waals surface area contributed by atoms with E-state index in [1.54, 1.807) is 13.8 Å². The number of amides is 2. The van der Waals surface area contributed by atoms with E-state index in [0.717, 1.165) is 0 Å². The Labute approximate surface area is 102 Å². The van der Waals surface area contributed by atoms with Crippen LogP contribution >= 0.6 is 0 Å². The van der Waals surface area contributed by atoms with Gasteiger partial charge in [0.25, 0.3) is 0 Å². The quantitative estimate of drug-likeness (QED) is 0.513. The molecule has 5 heteroatoms. The molecule has 0 saturated heterocycles. The predicted molar refractivity (Wildman–Crippen MR) is 65.1 cm³/mol. The predicted octanol–water partition coefficient (Wildman–Crippen LogP) is 0.838. The molecule has 0 aromatic rings. The number of hydrogen-bond acceptors (Lipinski definition) is 3. The minimum Gasteiger partial charge on any atom is -0.339 e. The third-order valence-corrected chi connectivity index (χ3v) is 2.14. The first-order valence-electron chi connectivity index (χ1n) is 5.89. The number of carbonyl (C=O) groups is 3. The summed E-state index contributed by atoms with van der Waals surface area (Å²) in [5.74, 6) is -0.412. The van der Waals surface area contributed by atoms with Crippen molar-refractivity contribution < 1.29 is 14.4 Å². The van der Waals surface area contributed by atoms with E-state index in [2.05, 4.69) is 10.6 Å². The maximum atomic E-state index is 11.3. The van der Waals surface area contributed by atoms with Crippen molar-refractivity contribution in [2.75, 3.05) is 6.67 Å². The van der Waals surface area contributed by atoms with E-state index >= 15 is 0 Å². The molecule has 5 nitrogen and oxygen atoms in total. The zero-order valence-electron chi connectivity index (χ0n) is 11.0. The highest BCUT2D eigenvalue weighted by Crippen LogP contribution is 1.98. The lowest BCUT2D eigenvalue weighted by Crippen LogP contribution is -2.38. The molecular weight excluding hydrogens is 220 g/mol. The fraction of sp³-hybridized carbons (Fsp3) is 0.750. The smallest absolute Gasteiger partial charge is 0.228 e. The van der Waals surface area contributed by atoms with E-state index < -0.39 is 0 Å². The lowest BCUT2D eigenvalue weighted by molar-refractivity contribution is -0.129. The van der Waals surface area contributed by atoms with Crippen LogP contribution in [0.3, 0.4) is 0 Å². The van der Waals surface area contributed by atoms with Gasteiger partial charge in [0.1, 0.15) is 5.78 Å². The molecule has 0 aliphatic rings. The minimum absolute atomic E-state index is 0.0791. The Morgan fingerprint density at radius 2 is 1.47 bits per heavy atom. The van der Waals surface area contributed by atoms with E-state index in [-0.39, 0.29) is 42.5 Å². The fourth-order valence-corrected chi connectivity index (χ4v) is 1.11. The molecule has 0 radical (unpaired) electrons. The highest BCUT2D eigenvalue weighted by molar-refractivity contribution is 5.98. The first-order chi connectivity index (χ1) is 7.82. The summed E-state index contributed by atoms with van der Waals surface area (Å²) >= 11 is 0. The van der Waals surface area contributed by atoms with Crippen molar-refractivity contribution in [3.8, 4) is 0 Å². The summed E-state index contributed by atoms with van der Waals surface area (Å²) in [6.45, 7) is 7.47. The van der Waals surface area contributed by atoms with E-state index in [1.165, 1.54) is 0 Å². The van der Waals surface area contributed by atoms with Gasteiger partial charge in [0.05, 0.1) is 13.1 Å². The third-order valence-electron chi connectivity index (χ3n) is 2.14. The summed E-state index contributed by atoms with van der Waals surface area (Å²) in [4.78, 5) is 33.8. The highest BCUT2D eigenvalue weighted by atomic mass is 16.2. The summed E-state index contributed by atoms with van der Waals surface area (Å²) in [5, 5.41) is 5.05. The van der Waals surface area contributed by atoms with Crippen molar-refractivity contribution in [2.24, 2.45) is 11.8 Å². The van der Waals surface area contributed by atoms with Crippen molar-refractivity contribution in [1.29, 1.82) is 0 Å². The SMILES string of the molecule is CC(C)CC(=O)NCNC(=O)CC(=O)C(C)C. The third kappa shape index (κ3) is 8.42. The fourth-order valence-electron chi connectivity index (χ4n) is 1.11. The molecule has 0 aliphatic heterocycles. The molecule has 2 amide bonds. The van der Waals surface area contributed by atoms with Gasteiger partial charge < -0.3 is 10.6 Å². The molecule has 0 saturated carbocycles. The van der Waals surface area contributed by atoms with Crippen LogP contribution in [0, 0.1) is 11.8 Å². The second-order valence-corrected chi connectivity index (χ2v) is 4.77. The molecule has 2 N–H and O–H groups in total. The van der Waals surface area contributed by atoms with Crippen LogP contribution in [0.4, 0.5) is 0 Å². The summed E-state index contributed by atoms with van der Waals surface area (Å²) in [7, 11) is 0. The largest absolute Gasteiger partial charge is 0.339 e. The van der Waals surface area contributed by atoms with Gasteiger partial charge in [-0.25, -0.2) is 0 Å². The molecule has 0 aromatic heterocycles. The van der Waals surface area contributed by atoms with Crippen molar-refractivity contribution >= 4 is 17.6 Å². The van der Waals surface area contributed by atoms with Gasteiger partial charge in [0.2, 0.25) is 11.8 Å². The summed E-state index contributed by atoms with van der Waals surface area (Å²) in [6, 6.07) is 0. The van der Waals surface area contributed by atoms with Crippen molar-refractivity contribution in [3.63, 3.8) is 0 Å². The van der Waals surface area contributed by atoms with Gasteiger partial charge in [-0.05, 0) is 5.92 Å². The molecule has 0 unspecified atom stereocenters. The summed E-state index contributed by atoms with van der Waals surface area (Å²) < 4.78 is 0. The van der Waals surface area contributed by atoms with Gasteiger partial charge in [0, 0.05) is 12.3 Å². The molecular formula is C12H22N2O3. The Morgan fingerprint density at radius 3 is 1.94 bits per heavy atom. The zero-order chi connectivity index (χ0) is 13.4. The molecule has 0 spiro atoms. The maximum absolute atomic E-state index is 11.3. The van der Waals surface area contributed by atoms with Gasteiger partial charge >= 0.3 is 0 Å². The normalized spacial score (nSPS) is 10.5. The van der Waals surface area contributed by atoms with Gasteiger partial charge in [-0.1, -0.05) is 27.7 Å². The van der Waals surface area contributed by atoms with Crippen LogP contribution < -0.4 is 10.6 Å². The molecule has 0 fully saturated rings. The van der Waals surface area contributed by atoms with E-state index in [0.29, 0.717) is 6.42 Å². The molecule has 17 heavy (non-hydrogen) atoms. The molecule has 0 aromatic carbocycles. The topological polar surface area (TPSA) is 75.3 Å². The van der Waals surface area contributed by atoms with E-state index in [9.17, 15) is 14.4 Å². The zero-order valence-corrected chi connectivity index (χ0v) is 11.0. The van der Waals surface area contributed by atoms with E-state index in [1.807, 2.05) is 13.8 Å². The first-order valence-corrected chi connectivity index (χ1v) is 5.89. The highest BCUT2D eigenvalue weighted by Gasteiger charge is 2.12. The van der Waals surface area contributed by atoms with Gasteiger partial charge in [-0.15, -0.1) is 0 Å². The summed E-state index contributed by atoms with van der Waals surface area (Å²) in [6.07, 6.45) is 0.304. The second kappa shape index (κ2) is 7.81. The Balaban J connectivity index is 3.72. The number of carbonyl (C=O) groups excluding carboxylic acids is 3. The average molecular weight is 242 g/mol. The molecule has 0 rings (SSSR count). The number of nitrogens with one attached hydrogen (secondary N) is 2. The minimum atomic E-state index is -0.353. The number of Topliss-reactive ketones (excluding diaryl/α,β-unsaturated/α-hetero) is 1. The average Bonchev–Trinajstić information content (AvgIpc) is 2.15. The Morgan fingerprint density at radius 1 is 0.941 bits per heavy atom. The van der Waals surface area contributed by atoms with E-state index in [4.69, 9.17) is 0 Å². The molecule has 0 aliphatic carbocycles. The van der Waals surface area contributed by atoms with Crippen LogP contribution in [-0.4, -0.2) is 24.3 Å². The van der Waals surface area contributed by atoms with Crippen molar-refractivity contribution in [2.45, 2.75) is 40.5 Å². The number of rotatable bonds is 7.